The molecule has 42 nitrogen and oxygen atoms in total. The number of aliphatic imine (C=N–C) groups is 4. The van der Waals surface area contributed by atoms with E-state index < -0.39 is 163 Å². The lowest BCUT2D eigenvalue weighted by molar-refractivity contribution is -0.142. The van der Waals surface area contributed by atoms with E-state index in [1.807, 2.05) is 0 Å². The van der Waals surface area contributed by atoms with Crippen molar-refractivity contribution >= 4 is 128 Å². The number of benzene rings is 1. The first-order valence-corrected chi connectivity index (χ1v) is 38.5. The molecule has 1 aliphatic rings. The number of guanidine groups is 4. The quantitative estimate of drug-likeness (QED) is 0.0125. The Morgan fingerprint density at radius 2 is 1.02 bits per heavy atom. The lowest BCUT2D eigenvalue weighted by Crippen LogP contribution is -2.59. The average molecular weight is 1590 g/mol. The third-order valence-electron chi connectivity index (χ3n) is 16.0. The van der Waals surface area contributed by atoms with E-state index in [1.54, 1.807) is 39.8 Å². The Morgan fingerprint density at radius 3 is 1.56 bits per heavy atom. The summed E-state index contributed by atoms with van der Waals surface area (Å²) in [6.45, 7) is 6.88. The van der Waals surface area contributed by atoms with Crippen LogP contribution in [-0.4, -0.2) is 241 Å². The second kappa shape index (κ2) is 52.4. The van der Waals surface area contributed by atoms with Gasteiger partial charge in [0.25, 0.3) is 0 Å². The maximum atomic E-state index is 14.3. The van der Waals surface area contributed by atoms with Gasteiger partial charge in [-0.1, -0.05) is 67.8 Å². The number of amides is 13. The Kier molecular flexibility index (Phi) is 45.5. The molecule has 0 unspecified atom stereocenters. The van der Waals surface area contributed by atoms with Gasteiger partial charge < -0.3 is 131 Å². The summed E-state index contributed by atoms with van der Waals surface area (Å²) in [5.74, 6) is -12.9. The zero-order valence-corrected chi connectivity index (χ0v) is 64.5. The number of carbonyl (C=O) groups is 14. The number of aliphatic carboxylic acids is 1. The minimum Gasteiger partial charge on any atom is -0.508 e. The fraction of sp³-hybridized carbons (Fsp3) is 0.636. The topological polar surface area (TPSA) is 719 Å². The molecule has 1 heterocycles. The largest absolute Gasteiger partial charge is 0.508 e. The number of carboxylic acid groups (broad SMARTS) is 1. The van der Waals surface area contributed by atoms with E-state index in [-0.39, 0.29) is 169 Å². The van der Waals surface area contributed by atoms with Gasteiger partial charge in [-0.2, -0.15) is 0 Å². The van der Waals surface area contributed by atoms with Crippen LogP contribution >= 0.6 is 21.6 Å². The average Bonchev–Trinajstić information content (AvgIpc) is 1.15. The number of hydrogen-bond acceptors (Lipinski definition) is 22. The molecule has 33 N–H and O–H groups in total. The van der Waals surface area contributed by atoms with Gasteiger partial charge in [-0.25, -0.2) is 4.79 Å². The molecule has 110 heavy (non-hydrogen) atoms. The number of unbranched alkanes of at least 4 members (excludes halogenated alkanes) is 2. The van der Waals surface area contributed by atoms with Crippen LogP contribution in [0.2, 0.25) is 0 Å². The molecule has 2 rings (SSSR count). The van der Waals surface area contributed by atoms with Crippen LogP contribution in [0.5, 0.6) is 5.75 Å². The summed E-state index contributed by atoms with van der Waals surface area (Å²) in [5, 5.41) is 52.8. The van der Waals surface area contributed by atoms with Gasteiger partial charge in [0.2, 0.25) is 76.8 Å². The molecule has 1 aromatic carbocycles. The first-order chi connectivity index (χ1) is 51.9. The first kappa shape index (κ1) is 95.4. The highest BCUT2D eigenvalue weighted by Crippen LogP contribution is 2.24. The van der Waals surface area contributed by atoms with Crippen molar-refractivity contribution in [1.29, 1.82) is 0 Å². The molecule has 1 saturated heterocycles. The lowest BCUT2D eigenvalue weighted by atomic mass is 10.0. The number of phenolic OH excluding ortho intramolecular Hbond substituents is 1. The fourth-order valence-electron chi connectivity index (χ4n) is 10.3. The molecule has 1 aromatic rings. The molecule has 0 bridgehead atoms. The molecule has 10 atom stereocenters. The number of aromatic hydroxyl groups is 1. The SMILES string of the molecule is CC(C)C[C@@H]1NC(=O)CNC(=O)CNC(=O)[C@@H](NC(=O)CCCCCNC(=O)[C@H](CCCN=C(N)N)NC(=O)CNC(=O)[C@H](CCCN=C(N)N)NC(=O)[C@H](CCCN=C(N)N)NC(=O)[C@@H](N)Cc2ccc(O)cc2)CSSC[C@@H](C(=O)N[C@@H](CC(C)C)C(=O)N[C@@H](C)C(=O)N[C@@H](CCCN=C(N)N)C(=O)O)NC1=O. The lowest BCUT2D eigenvalue weighted by Gasteiger charge is -2.27. The molecule has 0 radical (unpaired) electrons. The first-order valence-electron chi connectivity index (χ1n) is 36.0. The highest BCUT2D eigenvalue weighted by atomic mass is 33.1. The van der Waals surface area contributed by atoms with Crippen LogP contribution in [0, 0.1) is 11.8 Å². The number of nitrogens with zero attached hydrogens (tertiary/aromatic N) is 4. The van der Waals surface area contributed by atoms with E-state index in [2.05, 4.69) is 89.1 Å². The molecule has 616 valence electrons. The highest BCUT2D eigenvalue weighted by Gasteiger charge is 2.35. The minimum atomic E-state index is -1.42. The summed E-state index contributed by atoms with van der Waals surface area (Å²) < 4.78 is 0. The molecule has 0 spiro atoms. The molecular formula is C66H114N26O16S2. The fourth-order valence-corrected chi connectivity index (χ4v) is 12.7. The molecule has 0 saturated carbocycles. The summed E-state index contributed by atoms with van der Waals surface area (Å²) in [6, 6.07) is -6.78. The summed E-state index contributed by atoms with van der Waals surface area (Å²) in [7, 11) is 2.02. The number of hydrogen-bond donors (Lipinski definition) is 24. The van der Waals surface area contributed by atoms with Gasteiger partial charge >= 0.3 is 5.97 Å². The van der Waals surface area contributed by atoms with E-state index in [4.69, 9.17) is 51.6 Å². The van der Waals surface area contributed by atoms with Crippen LogP contribution in [0.25, 0.3) is 0 Å². The molecule has 0 aromatic heterocycles. The minimum absolute atomic E-state index is 0.00476. The van der Waals surface area contributed by atoms with Crippen LogP contribution in [0.4, 0.5) is 0 Å². The van der Waals surface area contributed by atoms with Gasteiger partial charge in [0.1, 0.15) is 60.1 Å². The highest BCUT2D eigenvalue weighted by molar-refractivity contribution is 8.76. The number of phenols is 1. The zero-order valence-electron chi connectivity index (χ0n) is 62.8. The van der Waals surface area contributed by atoms with E-state index in [9.17, 15) is 77.3 Å². The van der Waals surface area contributed by atoms with E-state index in [0.717, 1.165) is 21.6 Å². The van der Waals surface area contributed by atoms with Gasteiger partial charge in [0.15, 0.2) is 23.8 Å². The van der Waals surface area contributed by atoms with Crippen LogP contribution in [0.15, 0.2) is 44.2 Å². The number of nitrogens with two attached hydrogens (primary N) is 9. The Morgan fingerprint density at radius 1 is 0.518 bits per heavy atom. The standard InChI is InChI=1S/C66H114N26O16S2/c1-35(2)27-45-60(105)92-48(61(106)91-46(28-36(3)4)59(104)84-37(5)53(98)90-44(62(107)108)16-12-26-80-66(74)75)34-110-109-33-47(57(102)82-30-50(95)81-31-51(96)86-45)87-49(94)17-7-6-8-22-76-55(100)41(13-9-23-77-63(68)69)85-52(97)32-83-56(101)42(14-10-24-78-64(70)71)89-58(103)43(15-11-25-79-65(72)73)88-54(99)40(67)29-38-18-20-39(93)21-19-38/h18-21,35-37,40-48,93H,6-17,22-34,67H2,1-5H3,(H,76,100)(H,81,95)(H,82,102)(H,83,101)(H,84,104)(H,85,97)(H,86,96)(H,87,94)(H,88,99)(H,89,103)(H,90,98)(H,91,106)(H,92,105)(H,107,108)(H4,68,69,77)(H4,70,71,78)(H4,72,73,79)(H4,74,75,80)/t37-,40-,41-,42-,43-,44-,45-,46-,47-,48-/m0/s1. The van der Waals surface area contributed by atoms with E-state index in [1.165, 1.54) is 19.1 Å². The van der Waals surface area contributed by atoms with Gasteiger partial charge in [0, 0.05) is 50.7 Å². The Hall–Kier alpha value is -10.7. The van der Waals surface area contributed by atoms with Gasteiger partial charge in [0.05, 0.1) is 25.7 Å². The summed E-state index contributed by atoms with van der Waals surface area (Å²) >= 11 is 0. The predicted molar refractivity (Wildman–Crippen MR) is 414 cm³/mol. The summed E-state index contributed by atoms with van der Waals surface area (Å²) in [5.41, 5.74) is 50.5. The monoisotopic (exact) mass is 1590 g/mol. The molecular weight excluding hydrogens is 1480 g/mol. The van der Waals surface area contributed by atoms with E-state index in [0.29, 0.717) is 18.4 Å². The van der Waals surface area contributed by atoms with Crippen molar-refractivity contribution in [3.05, 3.63) is 29.8 Å². The number of nitrogens with one attached hydrogen (secondary N) is 13. The third kappa shape index (κ3) is 42.2. The van der Waals surface area contributed by atoms with Crippen molar-refractivity contribution in [2.75, 3.05) is 63.9 Å². The maximum Gasteiger partial charge on any atom is 0.326 e. The third-order valence-corrected chi connectivity index (χ3v) is 18.4. The molecule has 13 amide bonds. The van der Waals surface area contributed by atoms with Gasteiger partial charge in [-0.05, 0) is 120 Å². The van der Waals surface area contributed by atoms with Crippen molar-refractivity contribution < 1.29 is 77.3 Å². The van der Waals surface area contributed by atoms with Crippen LogP contribution in [0.3, 0.4) is 0 Å². The van der Waals surface area contributed by atoms with Gasteiger partial charge in [-0.15, -0.1) is 0 Å². The maximum absolute atomic E-state index is 14.3. The smallest absolute Gasteiger partial charge is 0.326 e. The van der Waals surface area contributed by atoms with Crippen molar-refractivity contribution in [1.82, 2.24) is 69.1 Å². The number of carbonyl (C=O) groups excluding carboxylic acids is 13. The van der Waals surface area contributed by atoms with Crippen LogP contribution < -0.4 is 121 Å². The second-order valence-corrected chi connectivity index (χ2v) is 29.2. The van der Waals surface area contributed by atoms with E-state index >= 15 is 0 Å². The van der Waals surface area contributed by atoms with Gasteiger partial charge in [-0.3, -0.25) is 82.3 Å². The molecule has 0 aliphatic carbocycles. The Balaban J connectivity index is 2.24. The summed E-state index contributed by atoms with van der Waals surface area (Å²) in [6.07, 6.45) is 1.64. The molecule has 1 fully saturated rings. The normalized spacial score (nSPS) is 16.8. The molecule has 44 heteroatoms. The van der Waals surface area contributed by atoms with Crippen LogP contribution in [-0.2, 0) is 73.5 Å². The molecule has 1 aliphatic heterocycles. The Labute approximate surface area is 646 Å². The zero-order chi connectivity index (χ0) is 82.4. The van der Waals surface area contributed by atoms with Crippen molar-refractivity contribution in [3.63, 3.8) is 0 Å². The van der Waals surface area contributed by atoms with Crippen LogP contribution in [0.1, 0.15) is 130 Å². The predicted octanol–water partition coefficient (Wildman–Crippen LogP) is -7.54. The second-order valence-electron chi connectivity index (χ2n) is 26.6. The number of rotatable bonds is 45. The van der Waals surface area contributed by atoms with Crippen molar-refractivity contribution in [2.45, 2.75) is 191 Å². The van der Waals surface area contributed by atoms with Crippen molar-refractivity contribution in [2.24, 2.45) is 83.4 Å². The van der Waals surface area contributed by atoms with Crippen molar-refractivity contribution in [3.8, 4) is 5.75 Å². The number of carboxylic acids is 1. The Bertz CT molecular complexity index is 3330. The summed E-state index contributed by atoms with van der Waals surface area (Å²) in [4.78, 5) is 205.